The van der Waals surface area contributed by atoms with Crippen LogP contribution in [0.2, 0.25) is 0 Å². The molecule has 0 unspecified atom stereocenters. The minimum Gasteiger partial charge on any atom is -0.383 e. The monoisotopic (exact) mass is 277 g/mol. The average molecular weight is 277 g/mol. The van der Waals surface area contributed by atoms with E-state index in [0.717, 1.165) is 45.5 Å². The van der Waals surface area contributed by atoms with Crippen LogP contribution in [0.25, 0.3) is 0 Å². The van der Waals surface area contributed by atoms with E-state index in [1.165, 1.54) is 5.56 Å². The number of hydrogen-bond donors (Lipinski definition) is 1. The number of hydrogen-bond acceptors (Lipinski definition) is 3. The molecule has 4 nitrogen and oxygen atoms in total. The topological polar surface area (TPSA) is 50.0 Å². The van der Waals surface area contributed by atoms with Gasteiger partial charge in [-0.15, -0.1) is 0 Å². The fraction of sp³-hybridized carbons (Fsp3) is 0.688. The average Bonchev–Trinajstić information content (AvgIpc) is 2.88. The number of nitriles is 1. The lowest BCUT2D eigenvalue weighted by Gasteiger charge is -2.14. The quantitative estimate of drug-likeness (QED) is 0.669. The highest BCUT2D eigenvalue weighted by Crippen LogP contribution is 2.21. The Morgan fingerprint density at radius 2 is 2.20 bits per heavy atom. The van der Waals surface area contributed by atoms with Crippen LogP contribution in [0.1, 0.15) is 38.7 Å². The smallest absolute Gasteiger partial charge is 0.0683 e. The highest BCUT2D eigenvalue weighted by molar-refractivity contribution is 5.09. The Kier molecular flexibility index (Phi) is 7.35. The summed E-state index contributed by atoms with van der Waals surface area (Å²) in [5.74, 6) is 0. The summed E-state index contributed by atoms with van der Waals surface area (Å²) in [5.41, 5.74) is 1.12. The molecule has 1 rings (SSSR count). The molecule has 0 spiro atoms. The van der Waals surface area contributed by atoms with Gasteiger partial charge < -0.3 is 14.6 Å². The van der Waals surface area contributed by atoms with Gasteiger partial charge in [-0.25, -0.2) is 0 Å². The van der Waals surface area contributed by atoms with E-state index in [0.29, 0.717) is 0 Å². The van der Waals surface area contributed by atoms with Gasteiger partial charge in [-0.3, -0.25) is 0 Å². The van der Waals surface area contributed by atoms with Crippen molar-refractivity contribution in [2.45, 2.75) is 46.2 Å². The Morgan fingerprint density at radius 3 is 2.90 bits per heavy atom. The summed E-state index contributed by atoms with van der Waals surface area (Å²) >= 11 is 0. The molecule has 112 valence electrons. The third-order valence-corrected chi connectivity index (χ3v) is 3.39. The molecule has 0 aliphatic heterocycles. The Balaban J connectivity index is 2.19. The summed E-state index contributed by atoms with van der Waals surface area (Å²) in [6, 6.07) is 4.50. The Morgan fingerprint density at radius 1 is 1.40 bits per heavy atom. The summed E-state index contributed by atoms with van der Waals surface area (Å²) in [4.78, 5) is 0. The van der Waals surface area contributed by atoms with Crippen LogP contribution in [0, 0.1) is 16.7 Å². The number of nitrogens with zero attached hydrogens (tertiary/aromatic N) is 2. The molecule has 4 heteroatoms. The van der Waals surface area contributed by atoms with Crippen LogP contribution >= 0.6 is 0 Å². The molecule has 0 fully saturated rings. The normalized spacial score (nSPS) is 11.5. The van der Waals surface area contributed by atoms with Crippen molar-refractivity contribution in [2.75, 3.05) is 20.3 Å². The van der Waals surface area contributed by atoms with Crippen LogP contribution in [-0.2, 0) is 17.8 Å². The van der Waals surface area contributed by atoms with Gasteiger partial charge in [0.15, 0.2) is 0 Å². The van der Waals surface area contributed by atoms with Gasteiger partial charge in [0.05, 0.1) is 18.1 Å². The number of unbranched alkanes of at least 4 members (excludes halogenated alkanes) is 1. The third kappa shape index (κ3) is 6.74. The van der Waals surface area contributed by atoms with E-state index in [4.69, 9.17) is 10.00 Å². The lowest BCUT2D eigenvalue weighted by Crippen LogP contribution is -2.18. The molecule has 1 aromatic rings. The van der Waals surface area contributed by atoms with Gasteiger partial charge in [-0.2, -0.15) is 5.26 Å². The van der Waals surface area contributed by atoms with Gasteiger partial charge in [-0.1, -0.05) is 6.42 Å². The number of nitrogens with one attached hydrogen (secondary N) is 1. The molecule has 0 saturated heterocycles. The molecule has 0 bridgehead atoms. The Labute approximate surface area is 122 Å². The first-order valence-corrected chi connectivity index (χ1v) is 7.33. The van der Waals surface area contributed by atoms with E-state index in [2.05, 4.69) is 34.4 Å². The van der Waals surface area contributed by atoms with Crippen LogP contribution in [0.5, 0.6) is 0 Å². The minimum absolute atomic E-state index is 0.187. The maximum Gasteiger partial charge on any atom is 0.0683 e. The number of ether oxygens (including phenoxy) is 1. The van der Waals surface area contributed by atoms with E-state index in [-0.39, 0.29) is 5.41 Å². The van der Waals surface area contributed by atoms with Crippen molar-refractivity contribution in [1.82, 2.24) is 9.88 Å². The van der Waals surface area contributed by atoms with E-state index in [1.807, 2.05) is 13.8 Å². The van der Waals surface area contributed by atoms with E-state index < -0.39 is 0 Å². The fourth-order valence-corrected chi connectivity index (χ4v) is 2.06. The fourth-order valence-electron chi connectivity index (χ4n) is 2.06. The molecule has 0 saturated carbocycles. The van der Waals surface area contributed by atoms with Crippen molar-refractivity contribution in [1.29, 1.82) is 5.26 Å². The summed E-state index contributed by atoms with van der Waals surface area (Å²) in [6.07, 6.45) is 7.50. The molecule has 0 atom stereocenters. The molecule has 0 aromatic carbocycles. The summed E-state index contributed by atoms with van der Waals surface area (Å²) in [5, 5.41) is 12.3. The zero-order chi connectivity index (χ0) is 14.8. The second-order valence-electron chi connectivity index (χ2n) is 5.88. The lowest BCUT2D eigenvalue weighted by molar-refractivity contribution is 0.199. The predicted octanol–water partition coefficient (Wildman–Crippen LogP) is 2.94. The van der Waals surface area contributed by atoms with Gasteiger partial charge in [0.25, 0.3) is 0 Å². The van der Waals surface area contributed by atoms with E-state index >= 15 is 0 Å². The third-order valence-electron chi connectivity index (χ3n) is 3.39. The lowest BCUT2D eigenvalue weighted by atomic mass is 9.89. The number of aromatic nitrogens is 1. The van der Waals surface area contributed by atoms with Crippen molar-refractivity contribution >= 4 is 0 Å². The maximum atomic E-state index is 8.96. The summed E-state index contributed by atoms with van der Waals surface area (Å²) in [7, 11) is 1.71. The van der Waals surface area contributed by atoms with Gasteiger partial charge in [0, 0.05) is 39.1 Å². The van der Waals surface area contributed by atoms with Crippen LogP contribution in [0.4, 0.5) is 0 Å². The number of rotatable bonds is 10. The molecule has 1 N–H and O–H groups in total. The van der Waals surface area contributed by atoms with Gasteiger partial charge >= 0.3 is 0 Å². The first-order chi connectivity index (χ1) is 9.57. The Hall–Kier alpha value is -1.31. The zero-order valence-corrected chi connectivity index (χ0v) is 13.0. The summed E-state index contributed by atoms with van der Waals surface area (Å²) in [6.45, 7) is 7.55. The highest BCUT2D eigenvalue weighted by atomic mass is 16.5. The van der Waals surface area contributed by atoms with Crippen molar-refractivity contribution in [3.05, 3.63) is 24.0 Å². The molecule has 0 aliphatic rings. The minimum atomic E-state index is -0.187. The van der Waals surface area contributed by atoms with Crippen molar-refractivity contribution in [3.8, 4) is 6.07 Å². The molecule has 1 aromatic heterocycles. The van der Waals surface area contributed by atoms with E-state index in [1.54, 1.807) is 7.11 Å². The first kappa shape index (κ1) is 16.7. The zero-order valence-electron chi connectivity index (χ0n) is 13.0. The standard InChI is InChI=1S/C16H27N3O/c1-16(2,14-17)7-4-5-9-19-10-6-15(13-19)12-18-8-11-20-3/h6,10,13,18H,4-5,7-9,11-12H2,1-3H3. The van der Waals surface area contributed by atoms with Gasteiger partial charge in [-0.05, 0) is 38.3 Å². The van der Waals surface area contributed by atoms with Crippen LogP contribution in [0.15, 0.2) is 18.5 Å². The Bertz CT molecular complexity index is 418. The van der Waals surface area contributed by atoms with E-state index in [9.17, 15) is 0 Å². The molecule has 0 radical (unpaired) electrons. The highest BCUT2D eigenvalue weighted by Gasteiger charge is 2.15. The SMILES string of the molecule is COCCNCc1ccn(CCCCC(C)(C)C#N)c1. The van der Waals surface area contributed by atoms with Crippen molar-refractivity contribution < 1.29 is 4.74 Å². The van der Waals surface area contributed by atoms with Crippen molar-refractivity contribution in [3.63, 3.8) is 0 Å². The largest absolute Gasteiger partial charge is 0.383 e. The number of aryl methyl sites for hydroxylation is 1. The number of methoxy groups -OCH3 is 1. The van der Waals surface area contributed by atoms with Crippen LogP contribution in [0.3, 0.4) is 0 Å². The molecule has 1 heterocycles. The maximum absolute atomic E-state index is 8.96. The summed E-state index contributed by atoms with van der Waals surface area (Å²) < 4.78 is 7.23. The molecule has 0 aliphatic carbocycles. The van der Waals surface area contributed by atoms with Gasteiger partial charge in [0.1, 0.15) is 0 Å². The van der Waals surface area contributed by atoms with Crippen molar-refractivity contribution in [2.24, 2.45) is 5.41 Å². The van der Waals surface area contributed by atoms with Gasteiger partial charge in [0.2, 0.25) is 0 Å². The van der Waals surface area contributed by atoms with Crippen LogP contribution < -0.4 is 5.32 Å². The van der Waals surface area contributed by atoms with Crippen LogP contribution in [-0.4, -0.2) is 24.8 Å². The molecule has 20 heavy (non-hydrogen) atoms. The molecular weight excluding hydrogens is 250 g/mol. The first-order valence-electron chi connectivity index (χ1n) is 7.33. The molecular formula is C16H27N3O. The molecule has 0 amide bonds. The predicted molar refractivity (Wildman–Crippen MR) is 81.3 cm³/mol. The second-order valence-corrected chi connectivity index (χ2v) is 5.88. The second kappa shape index (κ2) is 8.78.